The number of nitrogens with one attached hydrogen (secondary N) is 1. The standard InChI is InChI=1S/C20H22N2O6/c1-4-26-18-11-14(13-21-22-20(24)27-5-2)9-10-17(18)28-19(23)15-7-6-8-16(12-15)25-3/h6-13H,4-5H2,1-3H3,(H,22,24). The van der Waals surface area contributed by atoms with E-state index in [1.807, 2.05) is 6.92 Å². The third-order valence-electron chi connectivity index (χ3n) is 3.42. The van der Waals surface area contributed by atoms with Gasteiger partial charge in [0.25, 0.3) is 0 Å². The normalized spacial score (nSPS) is 10.4. The van der Waals surface area contributed by atoms with Crippen molar-refractivity contribution in [3.05, 3.63) is 53.6 Å². The topological polar surface area (TPSA) is 95.5 Å². The van der Waals surface area contributed by atoms with Gasteiger partial charge in [0.05, 0.1) is 32.1 Å². The summed E-state index contributed by atoms with van der Waals surface area (Å²) in [6.45, 7) is 4.15. The molecule has 0 atom stereocenters. The Kier molecular flexibility index (Phi) is 7.83. The van der Waals surface area contributed by atoms with Crippen LogP contribution >= 0.6 is 0 Å². The molecule has 8 heteroatoms. The predicted molar refractivity (Wildman–Crippen MR) is 103 cm³/mol. The number of amides is 1. The van der Waals surface area contributed by atoms with Crippen LogP contribution in [-0.2, 0) is 4.74 Å². The zero-order valence-electron chi connectivity index (χ0n) is 15.9. The molecule has 0 fully saturated rings. The van der Waals surface area contributed by atoms with Crippen molar-refractivity contribution in [3.63, 3.8) is 0 Å². The molecule has 2 rings (SSSR count). The Morgan fingerprint density at radius 3 is 2.61 bits per heavy atom. The maximum Gasteiger partial charge on any atom is 0.427 e. The van der Waals surface area contributed by atoms with Crippen LogP contribution in [0.5, 0.6) is 17.2 Å². The summed E-state index contributed by atoms with van der Waals surface area (Å²) < 4.78 is 20.8. The van der Waals surface area contributed by atoms with E-state index < -0.39 is 12.1 Å². The van der Waals surface area contributed by atoms with Crippen LogP contribution in [0.25, 0.3) is 0 Å². The number of hydrogen-bond acceptors (Lipinski definition) is 7. The van der Waals surface area contributed by atoms with Crippen LogP contribution in [0.2, 0.25) is 0 Å². The Bertz CT molecular complexity index is 850. The van der Waals surface area contributed by atoms with Gasteiger partial charge in [-0.1, -0.05) is 6.07 Å². The molecule has 0 saturated carbocycles. The molecule has 8 nitrogen and oxygen atoms in total. The summed E-state index contributed by atoms with van der Waals surface area (Å²) in [5.41, 5.74) is 3.23. The monoisotopic (exact) mass is 386 g/mol. The van der Waals surface area contributed by atoms with Crippen molar-refractivity contribution in [3.8, 4) is 17.2 Å². The van der Waals surface area contributed by atoms with Gasteiger partial charge in [0.1, 0.15) is 5.75 Å². The first kappa shape index (κ1) is 20.8. The van der Waals surface area contributed by atoms with Crippen LogP contribution in [0.3, 0.4) is 0 Å². The minimum atomic E-state index is -0.646. The number of methoxy groups -OCH3 is 1. The van der Waals surface area contributed by atoms with Gasteiger partial charge in [-0.25, -0.2) is 15.0 Å². The number of hydrazone groups is 1. The number of benzene rings is 2. The molecule has 0 bridgehead atoms. The summed E-state index contributed by atoms with van der Waals surface area (Å²) >= 11 is 0. The van der Waals surface area contributed by atoms with Crippen molar-refractivity contribution >= 4 is 18.3 Å². The SMILES string of the molecule is CCOC(=O)NN=Cc1ccc(OC(=O)c2cccc(OC)c2)c(OCC)c1. The molecule has 28 heavy (non-hydrogen) atoms. The van der Waals surface area contributed by atoms with Gasteiger partial charge >= 0.3 is 12.1 Å². The first-order chi connectivity index (χ1) is 13.6. The summed E-state index contributed by atoms with van der Waals surface area (Å²) in [4.78, 5) is 23.6. The van der Waals surface area contributed by atoms with Crippen LogP contribution in [0.15, 0.2) is 47.6 Å². The quantitative estimate of drug-likeness (QED) is 0.323. The summed E-state index contributed by atoms with van der Waals surface area (Å²) in [5, 5.41) is 3.79. The molecule has 0 aliphatic rings. The molecule has 0 aliphatic heterocycles. The van der Waals surface area contributed by atoms with E-state index in [2.05, 4.69) is 10.5 Å². The molecule has 0 unspecified atom stereocenters. The third kappa shape index (κ3) is 6.01. The van der Waals surface area contributed by atoms with Crippen molar-refractivity contribution in [1.82, 2.24) is 5.43 Å². The maximum absolute atomic E-state index is 12.4. The number of hydrogen-bond donors (Lipinski definition) is 1. The number of carbonyl (C=O) groups is 2. The van der Waals surface area contributed by atoms with Gasteiger partial charge in [0.2, 0.25) is 0 Å². The molecule has 1 amide bonds. The van der Waals surface area contributed by atoms with E-state index in [1.165, 1.54) is 13.3 Å². The number of carbonyl (C=O) groups excluding carboxylic acids is 2. The highest BCUT2D eigenvalue weighted by Gasteiger charge is 2.14. The van der Waals surface area contributed by atoms with Crippen LogP contribution in [0, 0.1) is 0 Å². The zero-order valence-corrected chi connectivity index (χ0v) is 15.9. The minimum Gasteiger partial charge on any atom is -0.497 e. The molecular formula is C20H22N2O6. The van der Waals surface area contributed by atoms with Crippen molar-refractivity contribution < 1.29 is 28.5 Å². The van der Waals surface area contributed by atoms with E-state index in [9.17, 15) is 9.59 Å². The molecule has 2 aromatic rings. The van der Waals surface area contributed by atoms with Crippen molar-refractivity contribution in [1.29, 1.82) is 0 Å². The average Bonchev–Trinajstić information content (AvgIpc) is 2.70. The lowest BCUT2D eigenvalue weighted by Gasteiger charge is -2.11. The maximum atomic E-state index is 12.4. The highest BCUT2D eigenvalue weighted by Crippen LogP contribution is 2.29. The van der Waals surface area contributed by atoms with E-state index in [4.69, 9.17) is 18.9 Å². The number of esters is 1. The van der Waals surface area contributed by atoms with Crippen LogP contribution in [-0.4, -0.2) is 38.6 Å². The second-order valence-electron chi connectivity index (χ2n) is 5.35. The Hall–Kier alpha value is -3.55. The van der Waals surface area contributed by atoms with E-state index in [0.29, 0.717) is 29.2 Å². The average molecular weight is 386 g/mol. The van der Waals surface area contributed by atoms with E-state index >= 15 is 0 Å². The third-order valence-corrected chi connectivity index (χ3v) is 3.42. The largest absolute Gasteiger partial charge is 0.497 e. The lowest BCUT2D eigenvalue weighted by Crippen LogP contribution is -2.18. The smallest absolute Gasteiger partial charge is 0.427 e. The van der Waals surface area contributed by atoms with E-state index in [1.54, 1.807) is 49.4 Å². The van der Waals surface area contributed by atoms with Crippen LogP contribution < -0.4 is 19.6 Å². The Morgan fingerprint density at radius 2 is 1.89 bits per heavy atom. The number of nitrogens with zero attached hydrogens (tertiary/aromatic N) is 1. The van der Waals surface area contributed by atoms with E-state index in [-0.39, 0.29) is 12.4 Å². The molecule has 0 heterocycles. The zero-order chi connectivity index (χ0) is 20.4. The fraction of sp³-hybridized carbons (Fsp3) is 0.250. The number of ether oxygens (including phenoxy) is 4. The van der Waals surface area contributed by atoms with Crippen LogP contribution in [0.4, 0.5) is 4.79 Å². The molecule has 0 aliphatic carbocycles. The Morgan fingerprint density at radius 1 is 1.07 bits per heavy atom. The van der Waals surface area contributed by atoms with Gasteiger partial charge in [-0.3, -0.25) is 0 Å². The Balaban J connectivity index is 2.14. The molecule has 0 radical (unpaired) electrons. The fourth-order valence-electron chi connectivity index (χ4n) is 2.19. The Labute approximate surface area is 163 Å². The van der Waals surface area contributed by atoms with Gasteiger partial charge in [-0.05, 0) is 55.8 Å². The first-order valence-corrected chi connectivity index (χ1v) is 8.66. The summed E-state index contributed by atoms with van der Waals surface area (Å²) in [6.07, 6.45) is 0.778. The van der Waals surface area contributed by atoms with Gasteiger partial charge in [-0.2, -0.15) is 5.10 Å². The first-order valence-electron chi connectivity index (χ1n) is 8.66. The van der Waals surface area contributed by atoms with Crippen molar-refractivity contribution in [2.45, 2.75) is 13.8 Å². The van der Waals surface area contributed by atoms with Crippen molar-refractivity contribution in [2.24, 2.45) is 5.10 Å². The molecule has 148 valence electrons. The van der Waals surface area contributed by atoms with E-state index in [0.717, 1.165) is 0 Å². The van der Waals surface area contributed by atoms with Gasteiger partial charge in [0, 0.05) is 0 Å². The number of rotatable bonds is 8. The molecule has 0 saturated heterocycles. The lowest BCUT2D eigenvalue weighted by atomic mass is 10.2. The molecule has 2 aromatic carbocycles. The molecular weight excluding hydrogens is 364 g/mol. The van der Waals surface area contributed by atoms with Crippen molar-refractivity contribution in [2.75, 3.05) is 20.3 Å². The second-order valence-corrected chi connectivity index (χ2v) is 5.35. The second kappa shape index (κ2) is 10.6. The fourth-order valence-corrected chi connectivity index (χ4v) is 2.19. The molecule has 0 aromatic heterocycles. The molecule has 1 N–H and O–H groups in total. The summed E-state index contributed by atoms with van der Waals surface area (Å²) in [6, 6.07) is 11.6. The highest BCUT2D eigenvalue weighted by atomic mass is 16.6. The lowest BCUT2D eigenvalue weighted by molar-refractivity contribution is 0.0728. The predicted octanol–water partition coefficient (Wildman–Crippen LogP) is 3.39. The molecule has 0 spiro atoms. The summed E-state index contributed by atoms with van der Waals surface area (Å²) in [5.74, 6) is 0.661. The highest BCUT2D eigenvalue weighted by molar-refractivity contribution is 5.92. The minimum absolute atomic E-state index is 0.253. The summed E-state index contributed by atoms with van der Waals surface area (Å²) in [7, 11) is 1.52. The van der Waals surface area contributed by atoms with Crippen LogP contribution in [0.1, 0.15) is 29.8 Å². The van der Waals surface area contributed by atoms with Gasteiger partial charge in [-0.15, -0.1) is 0 Å². The van der Waals surface area contributed by atoms with Gasteiger partial charge in [0.15, 0.2) is 11.5 Å². The van der Waals surface area contributed by atoms with Gasteiger partial charge < -0.3 is 18.9 Å².